The number of benzene rings is 1. The van der Waals surface area contributed by atoms with Crippen LogP contribution in [0.15, 0.2) is 30.3 Å². The van der Waals surface area contributed by atoms with Gasteiger partial charge in [-0.1, -0.05) is 30.3 Å². The standard InChI is InChI=1S/C13H18BNO3/c1-12(2)13(3,9-11(15)16)18-14(17-12)10-7-5-4-6-8-10/h4-8H,9H2,1-3H3,(H2,15,16). The zero-order chi connectivity index (χ0) is 13.4. The summed E-state index contributed by atoms with van der Waals surface area (Å²) < 4.78 is 11.9. The van der Waals surface area contributed by atoms with Crippen molar-refractivity contribution in [2.45, 2.75) is 38.4 Å². The molecule has 18 heavy (non-hydrogen) atoms. The summed E-state index contributed by atoms with van der Waals surface area (Å²) >= 11 is 0. The highest BCUT2D eigenvalue weighted by Gasteiger charge is 2.55. The maximum Gasteiger partial charge on any atom is 0.494 e. The molecule has 4 nitrogen and oxygen atoms in total. The molecule has 0 aliphatic carbocycles. The smallest absolute Gasteiger partial charge is 0.399 e. The molecule has 1 aromatic rings. The number of primary amides is 1. The van der Waals surface area contributed by atoms with Gasteiger partial charge in [0.2, 0.25) is 5.91 Å². The summed E-state index contributed by atoms with van der Waals surface area (Å²) in [6.07, 6.45) is 0.142. The molecule has 0 aromatic heterocycles. The molecule has 1 saturated heterocycles. The minimum absolute atomic E-state index is 0.142. The second-order valence-electron chi connectivity index (χ2n) is 5.36. The molecule has 0 radical (unpaired) electrons. The number of hydrogen-bond acceptors (Lipinski definition) is 3. The first-order valence-electron chi connectivity index (χ1n) is 6.03. The largest absolute Gasteiger partial charge is 0.494 e. The van der Waals surface area contributed by atoms with Gasteiger partial charge in [0.05, 0.1) is 17.6 Å². The zero-order valence-corrected chi connectivity index (χ0v) is 11.0. The number of carbonyl (C=O) groups excluding carboxylic acids is 1. The highest BCUT2D eigenvalue weighted by atomic mass is 16.7. The minimum Gasteiger partial charge on any atom is -0.399 e. The fourth-order valence-corrected chi connectivity index (χ4v) is 2.13. The third-order valence-electron chi connectivity index (χ3n) is 3.63. The van der Waals surface area contributed by atoms with Crippen LogP contribution >= 0.6 is 0 Å². The quantitative estimate of drug-likeness (QED) is 0.805. The molecule has 1 aliphatic rings. The highest BCUT2D eigenvalue weighted by molar-refractivity contribution is 6.62. The van der Waals surface area contributed by atoms with E-state index in [2.05, 4.69) is 0 Å². The fraction of sp³-hybridized carbons (Fsp3) is 0.462. The predicted octanol–water partition coefficient (Wildman–Crippen LogP) is 0.841. The molecule has 0 saturated carbocycles. The lowest BCUT2D eigenvalue weighted by Crippen LogP contribution is -2.47. The number of amides is 1. The van der Waals surface area contributed by atoms with Crippen molar-refractivity contribution in [3.05, 3.63) is 30.3 Å². The van der Waals surface area contributed by atoms with Crippen LogP contribution in [0.2, 0.25) is 0 Å². The van der Waals surface area contributed by atoms with Crippen molar-refractivity contribution in [1.29, 1.82) is 0 Å². The van der Waals surface area contributed by atoms with Crippen LogP contribution in [-0.4, -0.2) is 24.2 Å². The molecule has 0 spiro atoms. The van der Waals surface area contributed by atoms with Gasteiger partial charge in [0.25, 0.3) is 0 Å². The summed E-state index contributed by atoms with van der Waals surface area (Å²) in [6.45, 7) is 5.69. The molecule has 0 bridgehead atoms. The Labute approximate surface area is 108 Å². The Hall–Kier alpha value is -1.33. The Bertz CT molecular complexity index is 449. The summed E-state index contributed by atoms with van der Waals surface area (Å²) in [6, 6.07) is 9.68. The van der Waals surface area contributed by atoms with Crippen molar-refractivity contribution >= 4 is 18.5 Å². The first-order chi connectivity index (χ1) is 8.34. The maximum absolute atomic E-state index is 11.2. The minimum atomic E-state index is -0.709. The van der Waals surface area contributed by atoms with Crippen LogP contribution in [0.5, 0.6) is 0 Å². The van der Waals surface area contributed by atoms with Crippen molar-refractivity contribution < 1.29 is 14.1 Å². The Morgan fingerprint density at radius 3 is 2.39 bits per heavy atom. The van der Waals surface area contributed by atoms with Gasteiger partial charge >= 0.3 is 7.12 Å². The van der Waals surface area contributed by atoms with Crippen LogP contribution in [0.25, 0.3) is 0 Å². The Balaban J connectivity index is 2.24. The van der Waals surface area contributed by atoms with Crippen molar-refractivity contribution in [2.75, 3.05) is 0 Å². The van der Waals surface area contributed by atoms with Crippen molar-refractivity contribution in [2.24, 2.45) is 5.73 Å². The molecule has 1 amide bonds. The number of nitrogens with two attached hydrogens (primary N) is 1. The number of carbonyl (C=O) groups is 1. The third kappa shape index (κ3) is 2.28. The van der Waals surface area contributed by atoms with Gasteiger partial charge in [-0.05, 0) is 26.2 Å². The molecule has 2 N–H and O–H groups in total. The van der Waals surface area contributed by atoms with Crippen LogP contribution in [0, 0.1) is 0 Å². The van der Waals surface area contributed by atoms with E-state index in [1.807, 2.05) is 51.1 Å². The van der Waals surface area contributed by atoms with E-state index in [1.165, 1.54) is 0 Å². The Morgan fingerprint density at radius 1 is 1.22 bits per heavy atom. The zero-order valence-electron chi connectivity index (χ0n) is 11.0. The van der Waals surface area contributed by atoms with Gasteiger partial charge in [0.1, 0.15) is 0 Å². The maximum atomic E-state index is 11.2. The Morgan fingerprint density at radius 2 is 1.83 bits per heavy atom. The van der Waals surface area contributed by atoms with Crippen LogP contribution < -0.4 is 11.2 Å². The van der Waals surface area contributed by atoms with Gasteiger partial charge in [-0.15, -0.1) is 0 Å². The van der Waals surface area contributed by atoms with Crippen molar-refractivity contribution in [3.63, 3.8) is 0 Å². The number of rotatable bonds is 3. The first kappa shape index (κ1) is 13.1. The van der Waals surface area contributed by atoms with E-state index in [4.69, 9.17) is 15.0 Å². The Kier molecular flexibility index (Phi) is 3.21. The summed E-state index contributed by atoms with van der Waals surface area (Å²) in [5.41, 5.74) is 4.96. The van der Waals surface area contributed by atoms with E-state index in [-0.39, 0.29) is 12.3 Å². The van der Waals surface area contributed by atoms with Gasteiger partial charge in [-0.3, -0.25) is 4.79 Å². The lowest BCUT2D eigenvalue weighted by Gasteiger charge is -2.35. The summed E-state index contributed by atoms with van der Waals surface area (Å²) in [5.74, 6) is -0.386. The summed E-state index contributed by atoms with van der Waals surface area (Å²) in [5, 5.41) is 0. The molecule has 1 aliphatic heterocycles. The monoisotopic (exact) mass is 247 g/mol. The van der Waals surface area contributed by atoms with Gasteiger partial charge < -0.3 is 15.0 Å². The summed E-state index contributed by atoms with van der Waals surface area (Å²) in [4.78, 5) is 11.2. The molecule has 1 heterocycles. The topological polar surface area (TPSA) is 61.6 Å². The molecule has 1 unspecified atom stereocenters. The third-order valence-corrected chi connectivity index (χ3v) is 3.63. The average Bonchev–Trinajstić information content (AvgIpc) is 2.50. The van der Waals surface area contributed by atoms with E-state index >= 15 is 0 Å². The van der Waals surface area contributed by atoms with E-state index in [9.17, 15) is 4.79 Å². The summed E-state index contributed by atoms with van der Waals surface area (Å²) in [7, 11) is -0.453. The normalized spacial score (nSPS) is 26.3. The molecular weight excluding hydrogens is 229 g/mol. The lowest BCUT2D eigenvalue weighted by atomic mass is 9.79. The predicted molar refractivity (Wildman–Crippen MR) is 70.3 cm³/mol. The van der Waals surface area contributed by atoms with Crippen molar-refractivity contribution in [1.82, 2.24) is 0 Å². The van der Waals surface area contributed by atoms with Crippen LogP contribution in [0.4, 0.5) is 0 Å². The molecule has 2 rings (SSSR count). The van der Waals surface area contributed by atoms with Crippen LogP contribution in [0.1, 0.15) is 27.2 Å². The van der Waals surface area contributed by atoms with E-state index < -0.39 is 18.3 Å². The number of hydrogen-bond donors (Lipinski definition) is 1. The molecule has 1 aromatic carbocycles. The molecule has 96 valence electrons. The lowest BCUT2D eigenvalue weighted by molar-refractivity contribution is -0.124. The molecule has 1 fully saturated rings. The van der Waals surface area contributed by atoms with Gasteiger partial charge in [-0.25, -0.2) is 0 Å². The first-order valence-corrected chi connectivity index (χ1v) is 6.03. The molecule has 1 atom stereocenters. The second kappa shape index (κ2) is 4.41. The highest BCUT2D eigenvalue weighted by Crippen LogP contribution is 2.39. The van der Waals surface area contributed by atoms with Crippen LogP contribution in [0.3, 0.4) is 0 Å². The molecule has 5 heteroatoms. The van der Waals surface area contributed by atoms with Gasteiger partial charge in [-0.2, -0.15) is 0 Å². The van der Waals surface area contributed by atoms with E-state index in [1.54, 1.807) is 0 Å². The second-order valence-corrected chi connectivity index (χ2v) is 5.36. The van der Waals surface area contributed by atoms with E-state index in [0.717, 1.165) is 5.46 Å². The van der Waals surface area contributed by atoms with Gasteiger partial charge in [0.15, 0.2) is 0 Å². The van der Waals surface area contributed by atoms with E-state index in [0.29, 0.717) is 0 Å². The van der Waals surface area contributed by atoms with Gasteiger partial charge in [0, 0.05) is 0 Å². The van der Waals surface area contributed by atoms with Crippen LogP contribution in [-0.2, 0) is 14.1 Å². The SMILES string of the molecule is CC1(C)OB(c2ccccc2)OC1(C)CC(N)=O. The van der Waals surface area contributed by atoms with Crippen molar-refractivity contribution in [3.8, 4) is 0 Å². The molecular formula is C13H18BNO3. The fourth-order valence-electron chi connectivity index (χ4n) is 2.13. The average molecular weight is 247 g/mol.